The molecule has 0 aromatic carbocycles. The lowest BCUT2D eigenvalue weighted by Crippen LogP contribution is -2.34. The number of hydrogen-bond donors (Lipinski definition) is 0. The first kappa shape index (κ1) is 9.25. The van der Waals surface area contributed by atoms with Crippen molar-refractivity contribution < 1.29 is 4.79 Å². The van der Waals surface area contributed by atoms with E-state index in [4.69, 9.17) is 5.26 Å². The molecule has 0 aliphatic heterocycles. The average molecular weight is 165 g/mol. The van der Waals surface area contributed by atoms with Gasteiger partial charge in [0, 0.05) is 5.41 Å². The van der Waals surface area contributed by atoms with Crippen LogP contribution >= 0.6 is 0 Å². The van der Waals surface area contributed by atoms with Gasteiger partial charge in [0.15, 0.2) is 0 Å². The number of nitrogens with zero attached hydrogens (tertiary/aromatic N) is 1. The predicted octanol–water partition coefficient (Wildman–Crippen LogP) is 2.15. The normalized spacial score (nSPS) is 39.0. The molecule has 0 radical (unpaired) electrons. The van der Waals surface area contributed by atoms with Crippen LogP contribution in [0.1, 0.15) is 33.6 Å². The monoisotopic (exact) mass is 165 g/mol. The Morgan fingerprint density at radius 2 is 2.08 bits per heavy atom. The van der Waals surface area contributed by atoms with Crippen LogP contribution in [-0.4, -0.2) is 6.29 Å². The van der Waals surface area contributed by atoms with E-state index in [1.165, 1.54) is 0 Å². The summed E-state index contributed by atoms with van der Waals surface area (Å²) in [5.74, 6) is 0.0349. The van der Waals surface area contributed by atoms with E-state index in [0.29, 0.717) is 0 Å². The van der Waals surface area contributed by atoms with Gasteiger partial charge in [-0.2, -0.15) is 5.26 Å². The van der Waals surface area contributed by atoms with Crippen molar-refractivity contribution in [2.24, 2.45) is 16.7 Å². The molecule has 2 nitrogen and oxygen atoms in total. The van der Waals surface area contributed by atoms with E-state index in [1.807, 2.05) is 20.8 Å². The van der Waals surface area contributed by atoms with Crippen LogP contribution in [0.15, 0.2) is 0 Å². The summed E-state index contributed by atoms with van der Waals surface area (Å²) in [6.07, 6.45) is 2.73. The van der Waals surface area contributed by atoms with Crippen LogP contribution in [0.2, 0.25) is 0 Å². The molecule has 0 aromatic rings. The highest BCUT2D eigenvalue weighted by atomic mass is 16.1. The van der Waals surface area contributed by atoms with Crippen molar-refractivity contribution in [3.05, 3.63) is 0 Å². The quantitative estimate of drug-likeness (QED) is 0.558. The molecule has 0 N–H and O–H groups in total. The fraction of sp³-hybridized carbons (Fsp3) is 0.800. The number of nitriles is 1. The lowest BCUT2D eigenvalue weighted by Gasteiger charge is -2.35. The van der Waals surface area contributed by atoms with Crippen LogP contribution < -0.4 is 0 Å². The van der Waals surface area contributed by atoms with Crippen LogP contribution in [0.4, 0.5) is 0 Å². The van der Waals surface area contributed by atoms with Gasteiger partial charge in [0.25, 0.3) is 0 Å². The molecule has 1 fully saturated rings. The van der Waals surface area contributed by atoms with Gasteiger partial charge in [-0.3, -0.25) is 0 Å². The minimum atomic E-state index is -0.298. The third-order valence-corrected chi connectivity index (χ3v) is 3.71. The van der Waals surface area contributed by atoms with Gasteiger partial charge in [0.05, 0.1) is 12.0 Å². The summed E-state index contributed by atoms with van der Waals surface area (Å²) in [7, 11) is 0. The summed E-state index contributed by atoms with van der Waals surface area (Å²) in [5.41, 5.74) is -0.461. The van der Waals surface area contributed by atoms with Crippen LogP contribution in [0.3, 0.4) is 0 Å². The van der Waals surface area contributed by atoms with Crippen molar-refractivity contribution in [1.82, 2.24) is 0 Å². The second-order valence-corrected chi connectivity index (χ2v) is 4.48. The van der Waals surface area contributed by atoms with E-state index in [0.717, 1.165) is 19.1 Å². The van der Waals surface area contributed by atoms with Gasteiger partial charge in [-0.05, 0) is 18.3 Å². The first-order valence-corrected chi connectivity index (χ1v) is 4.34. The van der Waals surface area contributed by atoms with Crippen molar-refractivity contribution in [3.63, 3.8) is 0 Å². The molecular formula is C10H15NO. The Morgan fingerprint density at radius 3 is 2.33 bits per heavy atom. The molecular weight excluding hydrogens is 150 g/mol. The Bertz CT molecular complexity index is 239. The molecule has 1 saturated carbocycles. The SMILES string of the molecule is CC1(C)[C@@H](C#N)CC[C@@]1(C)C=O. The van der Waals surface area contributed by atoms with Crippen molar-refractivity contribution in [3.8, 4) is 6.07 Å². The van der Waals surface area contributed by atoms with E-state index in [2.05, 4.69) is 6.07 Å². The maximum Gasteiger partial charge on any atom is 0.126 e. The molecule has 0 spiro atoms. The Labute approximate surface area is 73.6 Å². The lowest BCUT2D eigenvalue weighted by molar-refractivity contribution is -0.120. The van der Waals surface area contributed by atoms with E-state index in [-0.39, 0.29) is 16.7 Å². The fourth-order valence-electron chi connectivity index (χ4n) is 1.96. The maximum atomic E-state index is 10.9. The second kappa shape index (κ2) is 2.58. The van der Waals surface area contributed by atoms with E-state index in [9.17, 15) is 4.79 Å². The van der Waals surface area contributed by atoms with Crippen molar-refractivity contribution in [2.45, 2.75) is 33.6 Å². The van der Waals surface area contributed by atoms with Gasteiger partial charge >= 0.3 is 0 Å². The van der Waals surface area contributed by atoms with Crippen molar-refractivity contribution >= 4 is 6.29 Å². The van der Waals surface area contributed by atoms with Gasteiger partial charge in [-0.1, -0.05) is 20.8 Å². The minimum absolute atomic E-state index is 0.0349. The second-order valence-electron chi connectivity index (χ2n) is 4.48. The number of hydrogen-bond acceptors (Lipinski definition) is 2. The molecule has 66 valence electrons. The van der Waals surface area contributed by atoms with E-state index in [1.54, 1.807) is 0 Å². The molecule has 0 bridgehead atoms. The molecule has 0 amide bonds. The van der Waals surface area contributed by atoms with Gasteiger partial charge in [0.1, 0.15) is 6.29 Å². The van der Waals surface area contributed by atoms with Crippen LogP contribution in [0.5, 0.6) is 0 Å². The Kier molecular flexibility index (Phi) is 1.99. The number of aldehydes is 1. The third-order valence-electron chi connectivity index (χ3n) is 3.71. The molecule has 1 rings (SSSR count). The summed E-state index contributed by atoms with van der Waals surface area (Å²) in [6, 6.07) is 2.28. The highest BCUT2D eigenvalue weighted by molar-refractivity contribution is 5.61. The van der Waals surface area contributed by atoms with Gasteiger partial charge in [0.2, 0.25) is 0 Å². The minimum Gasteiger partial charge on any atom is -0.303 e. The van der Waals surface area contributed by atoms with E-state index >= 15 is 0 Å². The predicted molar refractivity (Wildman–Crippen MR) is 46.3 cm³/mol. The molecule has 0 heterocycles. The summed E-state index contributed by atoms with van der Waals surface area (Å²) < 4.78 is 0. The van der Waals surface area contributed by atoms with Crippen LogP contribution in [0.25, 0.3) is 0 Å². The number of carbonyl (C=O) groups excluding carboxylic acids is 1. The maximum absolute atomic E-state index is 10.9. The standard InChI is InChI=1S/C10H15NO/c1-9(2)8(6-11)4-5-10(9,3)7-12/h7-8H,4-5H2,1-3H3/t8-,10+/m1/s1. The molecule has 0 saturated heterocycles. The lowest BCUT2D eigenvalue weighted by atomic mass is 9.67. The Morgan fingerprint density at radius 1 is 1.50 bits per heavy atom. The van der Waals surface area contributed by atoms with Crippen LogP contribution in [-0.2, 0) is 4.79 Å². The summed E-state index contributed by atoms with van der Waals surface area (Å²) in [5, 5.41) is 8.86. The topological polar surface area (TPSA) is 40.9 Å². The highest BCUT2D eigenvalue weighted by Crippen LogP contribution is 2.54. The molecule has 1 aliphatic carbocycles. The zero-order valence-electron chi connectivity index (χ0n) is 7.92. The number of rotatable bonds is 1. The van der Waals surface area contributed by atoms with Crippen molar-refractivity contribution in [2.75, 3.05) is 0 Å². The van der Waals surface area contributed by atoms with Crippen LogP contribution in [0, 0.1) is 28.1 Å². The summed E-state index contributed by atoms with van der Waals surface area (Å²) in [4.78, 5) is 10.9. The fourth-order valence-corrected chi connectivity index (χ4v) is 1.96. The Hall–Kier alpha value is -0.840. The number of carbonyl (C=O) groups is 1. The average Bonchev–Trinajstić information content (AvgIpc) is 2.25. The molecule has 12 heavy (non-hydrogen) atoms. The Balaban J connectivity index is 3.01. The zero-order chi connectivity index (χ0) is 9.41. The molecule has 2 heteroatoms. The third kappa shape index (κ3) is 0.964. The molecule has 2 atom stereocenters. The summed E-state index contributed by atoms with van der Waals surface area (Å²) >= 11 is 0. The van der Waals surface area contributed by atoms with Gasteiger partial charge in [-0.25, -0.2) is 0 Å². The first-order valence-electron chi connectivity index (χ1n) is 4.34. The highest BCUT2D eigenvalue weighted by Gasteiger charge is 2.51. The molecule has 0 aromatic heterocycles. The summed E-state index contributed by atoms with van der Waals surface area (Å²) in [6.45, 7) is 5.99. The largest absolute Gasteiger partial charge is 0.303 e. The molecule has 1 aliphatic rings. The van der Waals surface area contributed by atoms with E-state index < -0.39 is 0 Å². The van der Waals surface area contributed by atoms with Crippen molar-refractivity contribution in [1.29, 1.82) is 5.26 Å². The first-order chi connectivity index (χ1) is 5.48. The zero-order valence-corrected chi connectivity index (χ0v) is 7.92. The van der Waals surface area contributed by atoms with Gasteiger partial charge in [-0.15, -0.1) is 0 Å². The smallest absolute Gasteiger partial charge is 0.126 e. The van der Waals surface area contributed by atoms with Gasteiger partial charge < -0.3 is 4.79 Å². The molecule has 0 unspecified atom stereocenters.